The van der Waals surface area contributed by atoms with Crippen molar-refractivity contribution < 1.29 is 33.6 Å². The van der Waals surface area contributed by atoms with Gasteiger partial charge in [-0.1, -0.05) is 6.07 Å². The number of anilines is 1. The fraction of sp³-hybridized carbons (Fsp3) is 0.357. The summed E-state index contributed by atoms with van der Waals surface area (Å²) < 4.78 is 29.9. The minimum absolute atomic E-state index is 0.0381. The smallest absolute Gasteiger partial charge is 0.246 e. The standard InChI is InChI=1S/C28H30N6O7/c1-37-24-12-22-20(11-25(24)38-10-9-33-7-5-18(35)6-8-33)28(30-16-29-22)41-19-13-31-34(14-19)15-26(36)32-21-3-2-4-23-27(21)40-17-39-23/h2-4,11-14,16,18,35H,5-10,15,17H2,1H3,(H,32,36). The molecule has 0 saturated carbocycles. The van der Waals surface area contributed by atoms with Crippen LogP contribution in [-0.2, 0) is 11.3 Å². The van der Waals surface area contributed by atoms with Crippen LogP contribution in [0.5, 0.6) is 34.6 Å². The molecule has 2 aromatic carbocycles. The van der Waals surface area contributed by atoms with Crippen molar-refractivity contribution in [2.75, 3.05) is 45.5 Å². The van der Waals surface area contributed by atoms with Crippen molar-refractivity contribution in [1.29, 1.82) is 0 Å². The normalized spacial score (nSPS) is 15.2. The van der Waals surface area contributed by atoms with Crippen LogP contribution in [0.15, 0.2) is 49.1 Å². The molecular weight excluding hydrogens is 532 g/mol. The lowest BCUT2D eigenvalue weighted by Crippen LogP contribution is -2.38. The number of carbonyl (C=O) groups is 1. The highest BCUT2D eigenvalue weighted by Gasteiger charge is 2.20. The molecule has 2 aliphatic heterocycles. The third kappa shape index (κ3) is 6.10. The predicted molar refractivity (Wildman–Crippen MR) is 147 cm³/mol. The third-order valence-electron chi connectivity index (χ3n) is 6.91. The number of nitrogens with one attached hydrogen (secondary N) is 1. The van der Waals surface area contributed by atoms with Crippen LogP contribution in [-0.4, -0.2) is 81.9 Å². The van der Waals surface area contributed by atoms with Crippen molar-refractivity contribution >= 4 is 22.5 Å². The molecule has 0 bridgehead atoms. The average Bonchev–Trinajstić information content (AvgIpc) is 3.64. The lowest BCUT2D eigenvalue weighted by atomic mass is 10.1. The number of fused-ring (bicyclic) bond motifs is 2. The van der Waals surface area contributed by atoms with Gasteiger partial charge in [-0.3, -0.25) is 14.4 Å². The summed E-state index contributed by atoms with van der Waals surface area (Å²) in [5.41, 5.74) is 1.15. The topological polar surface area (TPSA) is 142 Å². The van der Waals surface area contributed by atoms with E-state index in [2.05, 4.69) is 25.3 Å². The summed E-state index contributed by atoms with van der Waals surface area (Å²) in [6, 6.07) is 8.88. The van der Waals surface area contributed by atoms with Crippen molar-refractivity contribution in [1.82, 2.24) is 24.6 Å². The number of benzene rings is 2. The van der Waals surface area contributed by atoms with Crippen molar-refractivity contribution in [2.24, 2.45) is 0 Å². The van der Waals surface area contributed by atoms with E-state index in [0.29, 0.717) is 57.8 Å². The molecule has 6 rings (SSSR count). The van der Waals surface area contributed by atoms with E-state index in [1.807, 2.05) is 0 Å². The summed E-state index contributed by atoms with van der Waals surface area (Å²) in [5, 5.41) is 17.4. The Morgan fingerprint density at radius 1 is 1.17 bits per heavy atom. The van der Waals surface area contributed by atoms with Gasteiger partial charge in [-0.25, -0.2) is 9.97 Å². The van der Waals surface area contributed by atoms with Crippen LogP contribution >= 0.6 is 0 Å². The summed E-state index contributed by atoms with van der Waals surface area (Å²) in [5.74, 6) is 2.62. The zero-order valence-electron chi connectivity index (χ0n) is 22.5. The molecular formula is C28H30N6O7. The summed E-state index contributed by atoms with van der Waals surface area (Å²) in [6.45, 7) is 2.97. The summed E-state index contributed by atoms with van der Waals surface area (Å²) >= 11 is 0. The molecule has 41 heavy (non-hydrogen) atoms. The molecule has 0 radical (unpaired) electrons. The second-order valence-corrected chi connectivity index (χ2v) is 9.68. The Hall–Kier alpha value is -4.62. The highest BCUT2D eigenvalue weighted by molar-refractivity contribution is 5.92. The van der Waals surface area contributed by atoms with Crippen LogP contribution < -0.4 is 29.0 Å². The number of nitrogens with zero attached hydrogens (tertiary/aromatic N) is 5. The summed E-state index contributed by atoms with van der Waals surface area (Å²) in [4.78, 5) is 23.6. The Kier molecular flexibility index (Phi) is 7.69. The molecule has 4 heterocycles. The lowest BCUT2D eigenvalue weighted by Gasteiger charge is -2.29. The van der Waals surface area contributed by atoms with E-state index in [1.165, 1.54) is 17.2 Å². The van der Waals surface area contributed by atoms with Crippen LogP contribution in [0.2, 0.25) is 0 Å². The highest BCUT2D eigenvalue weighted by atomic mass is 16.7. The first-order valence-electron chi connectivity index (χ1n) is 13.3. The molecule has 1 saturated heterocycles. The number of hydrogen-bond donors (Lipinski definition) is 2. The number of amides is 1. The van der Waals surface area contributed by atoms with Crippen LogP contribution in [0.3, 0.4) is 0 Å². The van der Waals surface area contributed by atoms with E-state index in [0.717, 1.165) is 32.5 Å². The molecule has 13 nitrogen and oxygen atoms in total. The number of piperidine rings is 1. The third-order valence-corrected chi connectivity index (χ3v) is 6.91. The Morgan fingerprint density at radius 2 is 2.05 bits per heavy atom. The van der Waals surface area contributed by atoms with Gasteiger partial charge in [-0.2, -0.15) is 5.10 Å². The van der Waals surface area contributed by atoms with Gasteiger partial charge in [-0.15, -0.1) is 0 Å². The van der Waals surface area contributed by atoms with Crippen molar-refractivity contribution in [2.45, 2.75) is 25.5 Å². The van der Waals surface area contributed by atoms with E-state index in [4.69, 9.17) is 23.7 Å². The summed E-state index contributed by atoms with van der Waals surface area (Å²) in [6.07, 6.45) is 5.87. The molecule has 2 aliphatic rings. The minimum Gasteiger partial charge on any atom is -0.493 e. The molecule has 1 fully saturated rings. The number of likely N-dealkylation sites (tertiary alicyclic amines) is 1. The van der Waals surface area contributed by atoms with Gasteiger partial charge >= 0.3 is 0 Å². The molecule has 0 atom stereocenters. The van der Waals surface area contributed by atoms with Crippen molar-refractivity contribution in [3.63, 3.8) is 0 Å². The van der Waals surface area contributed by atoms with Gasteiger partial charge in [0.25, 0.3) is 0 Å². The van der Waals surface area contributed by atoms with Gasteiger partial charge < -0.3 is 34.1 Å². The number of aliphatic hydroxyl groups is 1. The highest BCUT2D eigenvalue weighted by Crippen LogP contribution is 2.39. The fourth-order valence-corrected chi connectivity index (χ4v) is 4.78. The first-order valence-corrected chi connectivity index (χ1v) is 13.3. The first-order chi connectivity index (χ1) is 20.1. The van der Waals surface area contributed by atoms with Crippen LogP contribution in [0.4, 0.5) is 5.69 Å². The molecule has 1 amide bonds. The fourth-order valence-electron chi connectivity index (χ4n) is 4.78. The maximum atomic E-state index is 12.7. The van der Waals surface area contributed by atoms with Gasteiger partial charge in [0.1, 0.15) is 19.5 Å². The molecule has 214 valence electrons. The van der Waals surface area contributed by atoms with Gasteiger partial charge in [0.15, 0.2) is 28.7 Å². The minimum atomic E-state index is -0.286. The van der Waals surface area contributed by atoms with Gasteiger partial charge in [0.2, 0.25) is 18.6 Å². The van der Waals surface area contributed by atoms with Gasteiger partial charge in [0, 0.05) is 25.7 Å². The Labute approximate surface area is 235 Å². The Morgan fingerprint density at radius 3 is 2.90 bits per heavy atom. The van der Waals surface area contributed by atoms with Crippen LogP contribution in [0.1, 0.15) is 12.8 Å². The number of carbonyl (C=O) groups excluding carboxylic acids is 1. The second-order valence-electron chi connectivity index (χ2n) is 9.68. The Bertz CT molecular complexity index is 1540. The van der Waals surface area contributed by atoms with E-state index in [9.17, 15) is 9.90 Å². The number of ether oxygens (including phenoxy) is 5. The van der Waals surface area contributed by atoms with E-state index in [-0.39, 0.29) is 25.3 Å². The number of rotatable bonds is 10. The second kappa shape index (κ2) is 11.9. The van der Waals surface area contributed by atoms with Gasteiger partial charge in [-0.05, 0) is 31.0 Å². The number of hydrogen-bond acceptors (Lipinski definition) is 11. The monoisotopic (exact) mass is 562 g/mol. The lowest BCUT2D eigenvalue weighted by molar-refractivity contribution is -0.116. The number of methoxy groups -OCH3 is 1. The first kappa shape index (κ1) is 26.6. The number of aromatic nitrogens is 4. The largest absolute Gasteiger partial charge is 0.493 e. The maximum Gasteiger partial charge on any atom is 0.246 e. The number of para-hydroxylation sites is 1. The molecule has 0 aliphatic carbocycles. The molecule has 2 N–H and O–H groups in total. The van der Waals surface area contributed by atoms with Gasteiger partial charge in [0.05, 0.1) is 42.2 Å². The molecule has 4 aromatic rings. The SMILES string of the molecule is COc1cc2ncnc(Oc3cnn(CC(=O)Nc4cccc5c4OCO5)c3)c2cc1OCCN1CCC(O)CC1. The zero-order valence-corrected chi connectivity index (χ0v) is 22.5. The molecule has 13 heteroatoms. The van der Waals surface area contributed by atoms with E-state index < -0.39 is 0 Å². The average molecular weight is 563 g/mol. The molecule has 0 unspecified atom stereocenters. The van der Waals surface area contributed by atoms with E-state index >= 15 is 0 Å². The predicted octanol–water partition coefficient (Wildman–Crippen LogP) is 2.83. The van der Waals surface area contributed by atoms with Crippen molar-refractivity contribution in [3.8, 4) is 34.6 Å². The number of aliphatic hydroxyl groups excluding tert-OH is 1. The maximum absolute atomic E-state index is 12.7. The van der Waals surface area contributed by atoms with E-state index in [1.54, 1.807) is 43.6 Å². The van der Waals surface area contributed by atoms with Crippen LogP contribution in [0.25, 0.3) is 10.9 Å². The molecule has 2 aromatic heterocycles. The Balaban J connectivity index is 1.12. The summed E-state index contributed by atoms with van der Waals surface area (Å²) in [7, 11) is 1.58. The zero-order chi connectivity index (χ0) is 28.2. The quantitative estimate of drug-likeness (QED) is 0.295. The van der Waals surface area contributed by atoms with Crippen LogP contribution in [0, 0.1) is 0 Å². The molecule has 0 spiro atoms. The van der Waals surface area contributed by atoms with Crippen molar-refractivity contribution in [3.05, 3.63) is 49.1 Å².